The van der Waals surface area contributed by atoms with E-state index in [1.807, 2.05) is 54.6 Å². The summed E-state index contributed by atoms with van der Waals surface area (Å²) in [6.45, 7) is 0.834. The number of nitrogens with zero attached hydrogens (tertiary/aromatic N) is 1. The minimum Gasteiger partial charge on any atom is -0.493 e. The molecule has 0 unspecified atom stereocenters. The van der Waals surface area contributed by atoms with Gasteiger partial charge in [0.1, 0.15) is 5.75 Å². The van der Waals surface area contributed by atoms with Crippen molar-refractivity contribution in [2.24, 2.45) is 5.92 Å². The highest BCUT2D eigenvalue weighted by Crippen LogP contribution is 2.28. The van der Waals surface area contributed by atoms with Crippen molar-refractivity contribution >= 4 is 27.8 Å². The van der Waals surface area contributed by atoms with E-state index in [2.05, 4.69) is 14.8 Å². The zero-order valence-corrected chi connectivity index (χ0v) is 18.5. The molecular weight excluding hydrogens is 463 g/mol. The van der Waals surface area contributed by atoms with E-state index in [0.29, 0.717) is 36.5 Å². The fourth-order valence-corrected chi connectivity index (χ4v) is 4.24. The van der Waals surface area contributed by atoms with Gasteiger partial charge in [-0.3, -0.25) is 4.79 Å². The third kappa shape index (κ3) is 5.02. The first-order valence-corrected chi connectivity index (χ1v) is 11.2. The van der Waals surface area contributed by atoms with Crippen molar-refractivity contribution in [1.82, 2.24) is 15.0 Å². The van der Waals surface area contributed by atoms with Crippen molar-refractivity contribution in [2.75, 3.05) is 19.7 Å². The Kier molecular flexibility index (Phi) is 5.98. The molecule has 2 aromatic heterocycles. The summed E-state index contributed by atoms with van der Waals surface area (Å²) in [5, 5.41) is 2.87. The molecule has 2 aromatic carbocycles. The Labute approximate surface area is 197 Å². The molecule has 7 nitrogen and oxygen atoms in total. The fourth-order valence-electron chi connectivity index (χ4n) is 4.24. The molecule has 1 fully saturated rings. The SMILES string of the molecule is O=C(ON1CCC(COc2ccc3[nH]c(-c4cc5ccccc5[nH]c4=O)cc3c2)CC1)C(F)(F)F. The van der Waals surface area contributed by atoms with Crippen LogP contribution in [0.15, 0.2) is 59.4 Å². The first kappa shape index (κ1) is 23.0. The number of pyridine rings is 1. The highest BCUT2D eigenvalue weighted by atomic mass is 19.4. The Hall–Kier alpha value is -3.79. The second kappa shape index (κ2) is 9.10. The average molecular weight is 485 g/mol. The number of fused-ring (bicyclic) bond motifs is 2. The van der Waals surface area contributed by atoms with E-state index < -0.39 is 12.1 Å². The number of benzene rings is 2. The van der Waals surface area contributed by atoms with E-state index in [1.54, 1.807) is 0 Å². The molecule has 0 aliphatic carbocycles. The van der Waals surface area contributed by atoms with Crippen molar-refractivity contribution < 1.29 is 27.5 Å². The molecule has 5 rings (SSSR count). The van der Waals surface area contributed by atoms with Gasteiger partial charge in [0.25, 0.3) is 5.56 Å². The van der Waals surface area contributed by atoms with Crippen LogP contribution in [0, 0.1) is 5.92 Å². The zero-order chi connectivity index (χ0) is 24.6. The maximum atomic E-state index is 12.6. The van der Waals surface area contributed by atoms with E-state index in [9.17, 15) is 22.8 Å². The summed E-state index contributed by atoms with van der Waals surface area (Å²) in [4.78, 5) is 34.1. The van der Waals surface area contributed by atoms with Crippen LogP contribution in [0.3, 0.4) is 0 Å². The molecular formula is C25H22F3N3O4. The van der Waals surface area contributed by atoms with Gasteiger partial charge in [-0.25, -0.2) is 4.79 Å². The minimum atomic E-state index is -5.00. The number of ether oxygens (including phenoxy) is 1. The van der Waals surface area contributed by atoms with Crippen LogP contribution in [0.1, 0.15) is 12.8 Å². The van der Waals surface area contributed by atoms with Crippen LogP contribution >= 0.6 is 0 Å². The zero-order valence-electron chi connectivity index (χ0n) is 18.5. The Bertz CT molecular complexity index is 1440. The molecule has 3 heterocycles. The number of aromatic amines is 2. The van der Waals surface area contributed by atoms with Gasteiger partial charge in [0.2, 0.25) is 0 Å². The van der Waals surface area contributed by atoms with Crippen LogP contribution in [-0.2, 0) is 9.63 Å². The fraction of sp³-hybridized carbons (Fsp3) is 0.280. The third-order valence-electron chi connectivity index (χ3n) is 6.14. The standard InChI is InChI=1S/C25H22F3N3O4/c26-25(27,28)24(33)35-31-9-7-15(8-10-31)14-34-18-5-6-21-17(11-18)13-22(29-21)19-12-16-3-1-2-4-20(16)30-23(19)32/h1-6,11-13,15,29H,7-10,14H2,(H,30,32). The maximum absolute atomic E-state index is 12.6. The molecule has 0 spiro atoms. The van der Waals surface area contributed by atoms with Gasteiger partial charge in [0.15, 0.2) is 0 Å². The number of hydrogen-bond donors (Lipinski definition) is 2. The smallest absolute Gasteiger partial charge is 0.492 e. The number of carbonyl (C=O) groups is 1. The number of hydroxylamine groups is 2. The highest BCUT2D eigenvalue weighted by Gasteiger charge is 2.43. The number of alkyl halides is 3. The molecule has 1 aliphatic rings. The van der Waals surface area contributed by atoms with Crippen LogP contribution in [0.5, 0.6) is 5.75 Å². The van der Waals surface area contributed by atoms with Gasteiger partial charge in [0, 0.05) is 29.5 Å². The third-order valence-corrected chi connectivity index (χ3v) is 6.14. The van der Waals surface area contributed by atoms with Crippen LogP contribution < -0.4 is 10.3 Å². The number of H-pyrrole nitrogens is 2. The maximum Gasteiger partial charge on any atom is 0.492 e. The van der Waals surface area contributed by atoms with Crippen molar-refractivity contribution in [3.05, 3.63) is 65.0 Å². The van der Waals surface area contributed by atoms with Crippen LogP contribution in [0.4, 0.5) is 13.2 Å². The largest absolute Gasteiger partial charge is 0.493 e. The van der Waals surface area contributed by atoms with Gasteiger partial charge in [0.05, 0.1) is 17.9 Å². The lowest BCUT2D eigenvalue weighted by molar-refractivity contribution is -0.242. The Morgan fingerprint density at radius 2 is 1.71 bits per heavy atom. The number of piperidine rings is 1. The minimum absolute atomic E-state index is 0.129. The van der Waals surface area contributed by atoms with Gasteiger partial charge in [-0.15, -0.1) is 5.06 Å². The molecule has 10 heteroatoms. The molecule has 0 atom stereocenters. The molecule has 0 saturated carbocycles. The van der Waals surface area contributed by atoms with Gasteiger partial charge in [-0.05, 0) is 60.5 Å². The summed E-state index contributed by atoms with van der Waals surface area (Å²) >= 11 is 0. The molecule has 1 saturated heterocycles. The van der Waals surface area contributed by atoms with Gasteiger partial charge in [-0.1, -0.05) is 18.2 Å². The van der Waals surface area contributed by atoms with Gasteiger partial charge in [-0.2, -0.15) is 13.2 Å². The number of nitrogens with one attached hydrogen (secondary N) is 2. The lowest BCUT2D eigenvalue weighted by atomic mass is 9.99. The molecule has 4 aromatic rings. The van der Waals surface area contributed by atoms with Gasteiger partial charge >= 0.3 is 12.1 Å². The molecule has 2 N–H and O–H groups in total. The summed E-state index contributed by atoms with van der Waals surface area (Å²) in [7, 11) is 0. The quantitative estimate of drug-likeness (QED) is 0.425. The molecule has 0 bridgehead atoms. The van der Waals surface area contributed by atoms with E-state index in [-0.39, 0.29) is 24.6 Å². The van der Waals surface area contributed by atoms with Crippen molar-refractivity contribution in [3.8, 4) is 17.0 Å². The van der Waals surface area contributed by atoms with Gasteiger partial charge < -0.3 is 19.5 Å². The molecule has 0 amide bonds. The van der Waals surface area contributed by atoms with Crippen molar-refractivity contribution in [1.29, 1.82) is 0 Å². The molecule has 1 aliphatic heterocycles. The number of para-hydroxylation sites is 1. The lowest BCUT2D eigenvalue weighted by Crippen LogP contribution is -2.40. The number of hydrogen-bond acceptors (Lipinski definition) is 5. The molecule has 0 radical (unpaired) electrons. The van der Waals surface area contributed by atoms with E-state index in [0.717, 1.165) is 26.9 Å². The number of carbonyl (C=O) groups excluding carboxylic acids is 1. The van der Waals surface area contributed by atoms with E-state index in [4.69, 9.17) is 4.74 Å². The molecule has 35 heavy (non-hydrogen) atoms. The highest BCUT2D eigenvalue weighted by molar-refractivity contribution is 5.89. The summed E-state index contributed by atoms with van der Waals surface area (Å²) in [5.74, 6) is -1.41. The number of rotatable bonds is 5. The normalized spacial score (nSPS) is 15.5. The predicted octanol–water partition coefficient (Wildman–Crippen LogP) is 4.79. The molecule has 182 valence electrons. The monoisotopic (exact) mass is 485 g/mol. The summed E-state index contributed by atoms with van der Waals surface area (Å²) in [6.07, 6.45) is -3.91. The summed E-state index contributed by atoms with van der Waals surface area (Å²) in [6, 6.07) is 16.9. The van der Waals surface area contributed by atoms with E-state index in [1.165, 1.54) is 0 Å². The van der Waals surface area contributed by atoms with Crippen LogP contribution in [-0.4, -0.2) is 46.9 Å². The predicted molar refractivity (Wildman–Crippen MR) is 124 cm³/mol. The Balaban J connectivity index is 1.23. The summed E-state index contributed by atoms with van der Waals surface area (Å²) in [5.41, 5.74) is 2.70. The Morgan fingerprint density at radius 1 is 0.971 bits per heavy atom. The van der Waals surface area contributed by atoms with Crippen molar-refractivity contribution in [2.45, 2.75) is 19.0 Å². The Morgan fingerprint density at radius 3 is 2.49 bits per heavy atom. The number of aromatic nitrogens is 2. The average Bonchev–Trinajstić information content (AvgIpc) is 3.25. The first-order valence-electron chi connectivity index (χ1n) is 11.2. The van der Waals surface area contributed by atoms with Crippen molar-refractivity contribution in [3.63, 3.8) is 0 Å². The first-order chi connectivity index (χ1) is 16.8. The van der Waals surface area contributed by atoms with E-state index >= 15 is 0 Å². The van der Waals surface area contributed by atoms with Crippen LogP contribution in [0.25, 0.3) is 33.1 Å². The second-order valence-corrected chi connectivity index (χ2v) is 8.59. The summed E-state index contributed by atoms with van der Waals surface area (Å²) < 4.78 is 43.0. The second-order valence-electron chi connectivity index (χ2n) is 8.59. The van der Waals surface area contributed by atoms with Crippen LogP contribution in [0.2, 0.25) is 0 Å². The topological polar surface area (TPSA) is 87.4 Å². The lowest BCUT2D eigenvalue weighted by Gasteiger charge is -2.30. The number of halogens is 3.